The summed E-state index contributed by atoms with van der Waals surface area (Å²) >= 11 is 0. The molecule has 2 aromatic carbocycles. The van der Waals surface area contributed by atoms with Crippen molar-refractivity contribution in [3.63, 3.8) is 0 Å². The van der Waals surface area contributed by atoms with E-state index in [1.807, 2.05) is 43.0 Å². The van der Waals surface area contributed by atoms with E-state index in [1.165, 1.54) is 11.1 Å². The van der Waals surface area contributed by atoms with E-state index in [9.17, 15) is 9.59 Å². The molecule has 0 saturated carbocycles. The third-order valence-corrected chi connectivity index (χ3v) is 6.05. The first-order chi connectivity index (χ1) is 14.0. The van der Waals surface area contributed by atoms with E-state index < -0.39 is 0 Å². The zero-order chi connectivity index (χ0) is 20.4. The number of benzene rings is 2. The van der Waals surface area contributed by atoms with E-state index in [2.05, 4.69) is 28.8 Å². The minimum atomic E-state index is -0.162. The number of fused-ring (bicyclic) bond motifs is 1. The molecule has 29 heavy (non-hydrogen) atoms. The molecule has 4 rings (SSSR count). The van der Waals surface area contributed by atoms with Crippen LogP contribution in [0.5, 0.6) is 0 Å². The number of hydrogen-bond donors (Lipinski definition) is 2. The quantitative estimate of drug-likeness (QED) is 0.845. The highest BCUT2D eigenvalue weighted by Gasteiger charge is 2.32. The van der Waals surface area contributed by atoms with Gasteiger partial charge in [0.05, 0.1) is 6.04 Å². The number of piperidine rings is 1. The van der Waals surface area contributed by atoms with Gasteiger partial charge in [0.25, 0.3) is 0 Å². The maximum Gasteiger partial charge on any atom is 0.240 e. The van der Waals surface area contributed by atoms with Crippen molar-refractivity contribution < 1.29 is 9.59 Å². The Morgan fingerprint density at radius 2 is 1.66 bits per heavy atom. The zero-order valence-electron chi connectivity index (χ0n) is 17.2. The Kier molecular flexibility index (Phi) is 5.67. The first-order valence-corrected chi connectivity index (χ1v) is 10.5. The Morgan fingerprint density at radius 3 is 2.34 bits per heavy atom. The summed E-state index contributed by atoms with van der Waals surface area (Å²) in [5.74, 6) is 0.180. The molecule has 2 aromatic rings. The minimum Gasteiger partial charge on any atom is -0.341 e. The largest absolute Gasteiger partial charge is 0.341 e. The Labute approximate surface area is 172 Å². The lowest BCUT2D eigenvalue weighted by Gasteiger charge is -2.35. The average molecular weight is 392 g/mol. The SMILES string of the molecule is Cc1cc(C)cc(NC(=O)C2CCN(C(=O)[C@@H]3Cc4ccccc4CN3)CC2)c1. The van der Waals surface area contributed by atoms with Crippen LogP contribution < -0.4 is 10.6 Å². The molecule has 0 unspecified atom stereocenters. The first-order valence-electron chi connectivity index (χ1n) is 10.5. The van der Waals surface area contributed by atoms with Gasteiger partial charge in [-0.2, -0.15) is 0 Å². The lowest BCUT2D eigenvalue weighted by atomic mass is 9.92. The van der Waals surface area contributed by atoms with Crippen molar-refractivity contribution in [3.8, 4) is 0 Å². The second-order valence-electron chi connectivity index (χ2n) is 8.37. The fourth-order valence-electron chi connectivity index (χ4n) is 4.50. The van der Waals surface area contributed by atoms with Crippen molar-refractivity contribution in [1.82, 2.24) is 10.2 Å². The van der Waals surface area contributed by atoms with Crippen LogP contribution in [-0.4, -0.2) is 35.8 Å². The fraction of sp³-hybridized carbons (Fsp3) is 0.417. The molecular weight excluding hydrogens is 362 g/mol. The second kappa shape index (κ2) is 8.37. The van der Waals surface area contributed by atoms with Crippen LogP contribution in [0.4, 0.5) is 5.69 Å². The zero-order valence-corrected chi connectivity index (χ0v) is 17.2. The van der Waals surface area contributed by atoms with Gasteiger partial charge in [0, 0.05) is 31.2 Å². The Morgan fingerprint density at radius 1 is 1.00 bits per heavy atom. The smallest absolute Gasteiger partial charge is 0.240 e. The van der Waals surface area contributed by atoms with Crippen LogP contribution in [0.3, 0.4) is 0 Å². The highest BCUT2D eigenvalue weighted by atomic mass is 16.2. The van der Waals surface area contributed by atoms with Crippen LogP contribution in [-0.2, 0) is 22.6 Å². The van der Waals surface area contributed by atoms with Gasteiger partial charge in [-0.05, 0) is 67.5 Å². The highest BCUT2D eigenvalue weighted by Crippen LogP contribution is 2.23. The van der Waals surface area contributed by atoms with Crippen LogP contribution in [0, 0.1) is 19.8 Å². The highest BCUT2D eigenvalue weighted by molar-refractivity contribution is 5.93. The van der Waals surface area contributed by atoms with Crippen molar-refractivity contribution >= 4 is 17.5 Å². The van der Waals surface area contributed by atoms with E-state index in [0.717, 1.165) is 29.8 Å². The van der Waals surface area contributed by atoms with Crippen LogP contribution in [0.25, 0.3) is 0 Å². The topological polar surface area (TPSA) is 61.4 Å². The molecule has 2 N–H and O–H groups in total. The number of likely N-dealkylation sites (tertiary alicyclic amines) is 1. The van der Waals surface area contributed by atoms with Gasteiger partial charge in [0.2, 0.25) is 11.8 Å². The van der Waals surface area contributed by atoms with Gasteiger partial charge in [0.1, 0.15) is 0 Å². The molecule has 0 radical (unpaired) electrons. The van der Waals surface area contributed by atoms with Crippen molar-refractivity contribution in [2.24, 2.45) is 5.92 Å². The van der Waals surface area contributed by atoms with Gasteiger partial charge in [-0.15, -0.1) is 0 Å². The number of carbonyl (C=O) groups excluding carboxylic acids is 2. The molecule has 2 aliphatic rings. The van der Waals surface area contributed by atoms with Crippen molar-refractivity contribution in [2.75, 3.05) is 18.4 Å². The van der Waals surface area contributed by atoms with Gasteiger partial charge < -0.3 is 15.5 Å². The summed E-state index contributed by atoms with van der Waals surface area (Å²) in [7, 11) is 0. The molecule has 0 spiro atoms. The number of aryl methyl sites for hydroxylation is 2. The van der Waals surface area contributed by atoms with Gasteiger partial charge in [-0.1, -0.05) is 30.3 Å². The van der Waals surface area contributed by atoms with Crippen molar-refractivity contribution in [3.05, 3.63) is 64.7 Å². The molecule has 5 heteroatoms. The second-order valence-corrected chi connectivity index (χ2v) is 8.37. The number of hydrogen-bond acceptors (Lipinski definition) is 3. The van der Waals surface area contributed by atoms with E-state index in [0.29, 0.717) is 25.9 Å². The summed E-state index contributed by atoms with van der Waals surface area (Å²) in [6.07, 6.45) is 2.17. The molecule has 0 aromatic heterocycles. The summed E-state index contributed by atoms with van der Waals surface area (Å²) in [5.41, 5.74) is 5.67. The van der Waals surface area contributed by atoms with Gasteiger partial charge >= 0.3 is 0 Å². The van der Waals surface area contributed by atoms with Crippen LogP contribution in [0.15, 0.2) is 42.5 Å². The minimum absolute atomic E-state index is 0.0418. The number of nitrogens with one attached hydrogen (secondary N) is 2. The average Bonchev–Trinajstić information content (AvgIpc) is 2.72. The molecule has 1 fully saturated rings. The van der Waals surface area contributed by atoms with E-state index >= 15 is 0 Å². The maximum atomic E-state index is 13.0. The molecule has 1 saturated heterocycles. The summed E-state index contributed by atoms with van der Waals surface area (Å²) < 4.78 is 0. The van der Waals surface area contributed by atoms with Crippen molar-refractivity contribution in [2.45, 2.75) is 45.7 Å². The molecule has 2 heterocycles. The third kappa shape index (κ3) is 4.51. The van der Waals surface area contributed by atoms with E-state index in [4.69, 9.17) is 0 Å². The monoisotopic (exact) mass is 391 g/mol. The van der Waals surface area contributed by atoms with E-state index in [-0.39, 0.29) is 23.8 Å². The summed E-state index contributed by atoms with van der Waals surface area (Å²) in [4.78, 5) is 27.6. The number of anilines is 1. The predicted molar refractivity (Wildman–Crippen MR) is 115 cm³/mol. The summed E-state index contributed by atoms with van der Waals surface area (Å²) in [5, 5.41) is 6.44. The number of amides is 2. The molecule has 2 amide bonds. The fourth-order valence-corrected chi connectivity index (χ4v) is 4.50. The molecule has 152 valence electrons. The van der Waals surface area contributed by atoms with Crippen LogP contribution in [0.1, 0.15) is 35.1 Å². The standard InChI is InChI=1S/C24H29N3O2/c1-16-11-17(2)13-21(12-16)26-23(28)18-7-9-27(10-8-18)24(29)22-14-19-5-3-4-6-20(19)15-25-22/h3-6,11-13,18,22,25H,7-10,14-15H2,1-2H3,(H,26,28)/t22-/m0/s1. The molecular formula is C24H29N3O2. The van der Waals surface area contributed by atoms with Crippen molar-refractivity contribution in [1.29, 1.82) is 0 Å². The van der Waals surface area contributed by atoms with E-state index in [1.54, 1.807) is 0 Å². The maximum absolute atomic E-state index is 13.0. The van der Waals surface area contributed by atoms with Gasteiger partial charge in [-0.3, -0.25) is 9.59 Å². The Balaban J connectivity index is 1.31. The Hall–Kier alpha value is -2.66. The number of rotatable bonds is 3. The van der Waals surface area contributed by atoms with Crippen LogP contribution in [0.2, 0.25) is 0 Å². The van der Waals surface area contributed by atoms with Gasteiger partial charge in [0.15, 0.2) is 0 Å². The molecule has 5 nitrogen and oxygen atoms in total. The molecule has 0 aliphatic carbocycles. The first kappa shape index (κ1) is 19.6. The normalized spacial score (nSPS) is 19.5. The Bertz CT molecular complexity index is 896. The third-order valence-electron chi connectivity index (χ3n) is 6.05. The number of nitrogens with zero attached hydrogens (tertiary/aromatic N) is 1. The predicted octanol–water partition coefficient (Wildman–Crippen LogP) is 3.20. The van der Waals surface area contributed by atoms with Gasteiger partial charge in [-0.25, -0.2) is 0 Å². The molecule has 2 aliphatic heterocycles. The summed E-state index contributed by atoms with van der Waals surface area (Å²) in [6, 6.07) is 14.2. The number of carbonyl (C=O) groups is 2. The molecule has 1 atom stereocenters. The lowest BCUT2D eigenvalue weighted by molar-refractivity contribution is -0.136. The summed E-state index contributed by atoms with van der Waals surface area (Å²) in [6.45, 7) is 6.09. The van der Waals surface area contributed by atoms with Crippen LogP contribution >= 0.6 is 0 Å². The lowest BCUT2D eigenvalue weighted by Crippen LogP contribution is -2.52. The molecule has 0 bridgehead atoms.